The van der Waals surface area contributed by atoms with Crippen LogP contribution in [-0.4, -0.2) is 34.7 Å². The number of hydrogen-bond donors (Lipinski definition) is 1. The van der Waals surface area contributed by atoms with Crippen LogP contribution in [-0.2, 0) is 6.18 Å². The molecular weight excluding hydrogens is 373 g/mol. The van der Waals surface area contributed by atoms with Crippen LogP contribution in [0.5, 0.6) is 0 Å². The van der Waals surface area contributed by atoms with E-state index in [9.17, 15) is 22.8 Å². The molecule has 6 nitrogen and oxygen atoms in total. The van der Waals surface area contributed by atoms with Crippen molar-refractivity contribution in [3.05, 3.63) is 47.3 Å². The summed E-state index contributed by atoms with van der Waals surface area (Å²) in [6, 6.07) is 4.21. The van der Waals surface area contributed by atoms with Crippen molar-refractivity contribution in [2.24, 2.45) is 5.92 Å². The number of carbonyl (C=O) groups excluding carboxylic acids is 2. The fraction of sp³-hybridized carbons (Fsp3) is 0.421. The van der Waals surface area contributed by atoms with E-state index in [1.165, 1.54) is 27.9 Å². The molecule has 1 unspecified atom stereocenters. The number of alkyl halides is 3. The zero-order chi connectivity index (χ0) is 20.1. The first-order valence-corrected chi connectivity index (χ1v) is 9.10. The summed E-state index contributed by atoms with van der Waals surface area (Å²) >= 11 is 0. The van der Waals surface area contributed by atoms with Gasteiger partial charge in [-0.2, -0.15) is 18.3 Å². The molecular formula is C19H19F3N4O2. The Morgan fingerprint density at radius 1 is 1.25 bits per heavy atom. The SMILES string of the molecule is CC1CN(c2ccc(C(F)(F)F)cc2)C(=O)c2c(C(=O)NCC3CC3)cnn21. The molecule has 1 aromatic heterocycles. The highest BCUT2D eigenvalue weighted by molar-refractivity contribution is 6.12. The second kappa shape index (κ2) is 6.65. The number of aromatic nitrogens is 2. The number of rotatable bonds is 4. The van der Waals surface area contributed by atoms with Gasteiger partial charge in [-0.05, 0) is 49.9 Å². The molecule has 0 spiro atoms. The van der Waals surface area contributed by atoms with Crippen molar-refractivity contribution in [1.29, 1.82) is 0 Å². The first kappa shape index (κ1) is 18.5. The van der Waals surface area contributed by atoms with Gasteiger partial charge in [-0.25, -0.2) is 0 Å². The average molecular weight is 392 g/mol. The number of benzene rings is 1. The second-order valence-corrected chi connectivity index (χ2v) is 7.31. The first-order valence-electron chi connectivity index (χ1n) is 9.10. The highest BCUT2D eigenvalue weighted by Gasteiger charge is 2.36. The van der Waals surface area contributed by atoms with Gasteiger partial charge < -0.3 is 10.2 Å². The van der Waals surface area contributed by atoms with Crippen LogP contribution in [0, 0.1) is 5.92 Å². The van der Waals surface area contributed by atoms with E-state index in [0.717, 1.165) is 25.0 Å². The normalized spacial score (nSPS) is 19.5. The Bertz CT molecular complexity index is 916. The van der Waals surface area contributed by atoms with Gasteiger partial charge in [0.1, 0.15) is 5.69 Å². The predicted octanol–water partition coefficient (Wildman–Crippen LogP) is 3.26. The van der Waals surface area contributed by atoms with E-state index in [-0.39, 0.29) is 29.8 Å². The number of halogens is 3. The lowest BCUT2D eigenvalue weighted by Crippen LogP contribution is -2.43. The third-order valence-corrected chi connectivity index (χ3v) is 5.11. The number of carbonyl (C=O) groups is 2. The van der Waals surface area contributed by atoms with Gasteiger partial charge in [0.2, 0.25) is 0 Å². The van der Waals surface area contributed by atoms with Crippen molar-refractivity contribution in [3.63, 3.8) is 0 Å². The molecule has 148 valence electrons. The fourth-order valence-electron chi connectivity index (χ4n) is 3.34. The van der Waals surface area contributed by atoms with Crippen LogP contribution in [0.4, 0.5) is 18.9 Å². The van der Waals surface area contributed by atoms with Crippen molar-refractivity contribution in [2.75, 3.05) is 18.0 Å². The third kappa shape index (κ3) is 3.36. The van der Waals surface area contributed by atoms with Crippen LogP contribution >= 0.6 is 0 Å². The molecule has 2 heterocycles. The van der Waals surface area contributed by atoms with Crippen LogP contribution in [0.2, 0.25) is 0 Å². The molecule has 2 aromatic rings. The van der Waals surface area contributed by atoms with Gasteiger partial charge in [0.15, 0.2) is 0 Å². The molecule has 28 heavy (non-hydrogen) atoms. The van der Waals surface area contributed by atoms with Gasteiger partial charge in [-0.1, -0.05) is 0 Å². The van der Waals surface area contributed by atoms with Crippen molar-refractivity contribution in [3.8, 4) is 0 Å². The van der Waals surface area contributed by atoms with Crippen molar-refractivity contribution >= 4 is 17.5 Å². The van der Waals surface area contributed by atoms with E-state index in [2.05, 4.69) is 10.4 Å². The number of nitrogens with one attached hydrogen (secondary N) is 1. The summed E-state index contributed by atoms with van der Waals surface area (Å²) in [5, 5.41) is 7.01. The zero-order valence-corrected chi connectivity index (χ0v) is 15.2. The Kier molecular flexibility index (Phi) is 4.40. The third-order valence-electron chi connectivity index (χ3n) is 5.11. The minimum atomic E-state index is -4.44. The first-order chi connectivity index (χ1) is 13.3. The molecule has 1 atom stereocenters. The van der Waals surface area contributed by atoms with Crippen LogP contribution in [0.1, 0.15) is 52.2 Å². The lowest BCUT2D eigenvalue weighted by molar-refractivity contribution is -0.137. The lowest BCUT2D eigenvalue weighted by atomic mass is 10.1. The lowest BCUT2D eigenvalue weighted by Gasteiger charge is -2.32. The van der Waals surface area contributed by atoms with Crippen LogP contribution in [0.15, 0.2) is 30.5 Å². The molecule has 1 fully saturated rings. The van der Waals surface area contributed by atoms with Crippen LogP contribution in [0.3, 0.4) is 0 Å². The molecule has 1 saturated carbocycles. The fourth-order valence-corrected chi connectivity index (χ4v) is 3.34. The Morgan fingerprint density at radius 3 is 2.54 bits per heavy atom. The Labute approximate surface area is 159 Å². The maximum atomic E-state index is 13.0. The average Bonchev–Trinajstić information content (AvgIpc) is 3.37. The van der Waals surface area contributed by atoms with E-state index < -0.39 is 17.6 Å². The summed E-state index contributed by atoms with van der Waals surface area (Å²) in [5.41, 5.74) is -0.0818. The van der Waals surface area contributed by atoms with Gasteiger partial charge in [-0.15, -0.1) is 0 Å². The van der Waals surface area contributed by atoms with Crippen LogP contribution < -0.4 is 10.2 Å². The molecule has 0 radical (unpaired) electrons. The largest absolute Gasteiger partial charge is 0.416 e. The predicted molar refractivity (Wildman–Crippen MR) is 95.1 cm³/mol. The van der Waals surface area contributed by atoms with E-state index in [0.29, 0.717) is 18.2 Å². The van der Waals surface area contributed by atoms with Crippen LogP contribution in [0.25, 0.3) is 0 Å². The quantitative estimate of drug-likeness (QED) is 0.869. The molecule has 0 bridgehead atoms. The number of nitrogens with zero attached hydrogens (tertiary/aromatic N) is 3. The van der Waals surface area contributed by atoms with Gasteiger partial charge in [0.05, 0.1) is 23.4 Å². The van der Waals surface area contributed by atoms with Gasteiger partial charge in [0, 0.05) is 18.8 Å². The molecule has 2 aliphatic rings. The number of amides is 2. The second-order valence-electron chi connectivity index (χ2n) is 7.31. The summed E-state index contributed by atoms with van der Waals surface area (Å²) < 4.78 is 39.9. The molecule has 1 aromatic carbocycles. The van der Waals surface area contributed by atoms with Crippen molar-refractivity contribution < 1.29 is 22.8 Å². The number of fused-ring (bicyclic) bond motifs is 1. The van der Waals surface area contributed by atoms with E-state index >= 15 is 0 Å². The van der Waals surface area contributed by atoms with E-state index in [4.69, 9.17) is 0 Å². The van der Waals surface area contributed by atoms with Gasteiger partial charge in [-0.3, -0.25) is 14.3 Å². The topological polar surface area (TPSA) is 67.2 Å². The Balaban J connectivity index is 1.61. The molecule has 9 heteroatoms. The molecule has 1 N–H and O–H groups in total. The summed E-state index contributed by atoms with van der Waals surface area (Å²) in [4.78, 5) is 26.9. The minimum Gasteiger partial charge on any atom is -0.352 e. The maximum Gasteiger partial charge on any atom is 0.416 e. The molecule has 0 saturated heterocycles. The Morgan fingerprint density at radius 2 is 1.93 bits per heavy atom. The molecule has 1 aliphatic heterocycles. The summed E-state index contributed by atoms with van der Waals surface area (Å²) in [7, 11) is 0. The van der Waals surface area contributed by atoms with Crippen molar-refractivity contribution in [1.82, 2.24) is 15.1 Å². The number of hydrogen-bond acceptors (Lipinski definition) is 3. The van der Waals surface area contributed by atoms with E-state index in [1.54, 1.807) is 0 Å². The summed E-state index contributed by atoms with van der Waals surface area (Å²) in [5.74, 6) is -0.316. The van der Waals surface area contributed by atoms with Crippen molar-refractivity contribution in [2.45, 2.75) is 32.0 Å². The van der Waals surface area contributed by atoms with Gasteiger partial charge in [0.25, 0.3) is 11.8 Å². The summed E-state index contributed by atoms with van der Waals surface area (Å²) in [6.07, 6.45) is -0.889. The zero-order valence-electron chi connectivity index (χ0n) is 15.2. The number of anilines is 1. The molecule has 1 aliphatic carbocycles. The highest BCUT2D eigenvalue weighted by Crippen LogP contribution is 2.33. The smallest absolute Gasteiger partial charge is 0.352 e. The Hall–Kier alpha value is -2.84. The minimum absolute atomic E-state index is 0.159. The standard InChI is InChI=1S/C19H19F3N4O2/c1-11-10-25(14-6-4-13(5-7-14)19(20,21)22)18(28)16-15(9-24-26(11)16)17(27)23-8-12-2-3-12/h4-7,9,11-12H,2-3,8,10H2,1H3,(H,23,27). The molecule has 4 rings (SSSR count). The summed E-state index contributed by atoms with van der Waals surface area (Å²) in [6.45, 7) is 2.66. The monoisotopic (exact) mass is 392 g/mol. The molecule has 2 amide bonds. The van der Waals surface area contributed by atoms with Gasteiger partial charge >= 0.3 is 6.18 Å². The van der Waals surface area contributed by atoms with E-state index in [1.807, 2.05) is 6.92 Å². The highest BCUT2D eigenvalue weighted by atomic mass is 19.4. The maximum absolute atomic E-state index is 13.0.